The van der Waals surface area contributed by atoms with Gasteiger partial charge >= 0.3 is 0 Å². The van der Waals surface area contributed by atoms with Crippen LogP contribution in [-0.2, 0) is 9.59 Å². The second-order valence-corrected chi connectivity index (χ2v) is 8.87. The van der Waals surface area contributed by atoms with Gasteiger partial charge in [-0.1, -0.05) is 13.8 Å². The maximum absolute atomic E-state index is 13.2. The molecule has 3 rings (SSSR count). The third-order valence-electron chi connectivity index (χ3n) is 5.72. The molecule has 0 saturated carbocycles. The van der Waals surface area contributed by atoms with E-state index < -0.39 is 18.0 Å². The van der Waals surface area contributed by atoms with Gasteiger partial charge in [-0.2, -0.15) is 5.26 Å². The highest BCUT2D eigenvalue weighted by atomic mass is 16.2. The van der Waals surface area contributed by atoms with Crippen molar-refractivity contribution in [2.24, 2.45) is 11.8 Å². The first-order valence-electron chi connectivity index (χ1n) is 10.8. The number of carbonyl (C=O) groups excluding carboxylic acids is 2. The minimum Gasteiger partial charge on any atom is -0.353 e. The number of H-pyrrole nitrogens is 1. The number of nitrogens with one attached hydrogen (secondary N) is 3. The van der Waals surface area contributed by atoms with Crippen molar-refractivity contribution in [3.05, 3.63) is 28.4 Å². The summed E-state index contributed by atoms with van der Waals surface area (Å²) < 4.78 is 1.40. The molecular weight excluding hydrogens is 396 g/mol. The lowest BCUT2D eigenvalue weighted by molar-refractivity contribution is -0.129. The third-order valence-corrected chi connectivity index (χ3v) is 5.72. The number of amides is 2. The highest BCUT2D eigenvalue weighted by Gasteiger charge is 2.31. The number of aryl methyl sites for hydroxylation is 1. The van der Waals surface area contributed by atoms with Gasteiger partial charge in [0, 0.05) is 18.2 Å². The molecule has 0 bridgehead atoms. The molecular formula is C22H30N6O3. The molecule has 166 valence electrons. The molecule has 9 nitrogen and oxygen atoms in total. The zero-order valence-electron chi connectivity index (χ0n) is 18.4. The average molecular weight is 427 g/mol. The van der Waals surface area contributed by atoms with Gasteiger partial charge in [0.2, 0.25) is 11.8 Å². The molecule has 1 aliphatic rings. The first kappa shape index (κ1) is 22.5. The summed E-state index contributed by atoms with van der Waals surface area (Å²) in [5.74, 6) is -0.0187. The molecule has 1 saturated heterocycles. The molecule has 0 aromatic carbocycles. The smallest absolute Gasteiger partial charge is 0.277 e. The molecule has 1 aliphatic heterocycles. The molecule has 0 radical (unpaired) electrons. The SMILES string of the molecule is Cc1nc2ccn([C@@H](CC(C)C)C(=O)N[C@H](C#N)C[C@@H]3CC[C@@H](C)NC3=O)c(=O)c2[nH]1. The van der Waals surface area contributed by atoms with Crippen LogP contribution >= 0.6 is 0 Å². The molecule has 2 aromatic heterocycles. The van der Waals surface area contributed by atoms with E-state index in [1.54, 1.807) is 19.2 Å². The summed E-state index contributed by atoms with van der Waals surface area (Å²) in [5, 5.41) is 15.3. The number of nitriles is 1. The van der Waals surface area contributed by atoms with Crippen molar-refractivity contribution in [3.8, 4) is 6.07 Å². The molecule has 2 aromatic rings. The van der Waals surface area contributed by atoms with Gasteiger partial charge in [-0.25, -0.2) is 4.98 Å². The second-order valence-electron chi connectivity index (χ2n) is 8.87. The lowest BCUT2D eigenvalue weighted by atomic mass is 9.89. The summed E-state index contributed by atoms with van der Waals surface area (Å²) in [6, 6.07) is 2.36. The molecule has 4 atom stereocenters. The quantitative estimate of drug-likeness (QED) is 0.622. The number of aromatic amines is 1. The Hall–Kier alpha value is -3.15. The van der Waals surface area contributed by atoms with Crippen LogP contribution in [-0.4, -0.2) is 38.4 Å². The minimum absolute atomic E-state index is 0.0803. The van der Waals surface area contributed by atoms with Gasteiger partial charge < -0.3 is 20.2 Å². The average Bonchev–Trinajstić information content (AvgIpc) is 3.09. The molecule has 2 amide bonds. The Balaban J connectivity index is 1.81. The van der Waals surface area contributed by atoms with Crippen LogP contribution in [0.3, 0.4) is 0 Å². The number of hydrogen-bond donors (Lipinski definition) is 3. The summed E-state index contributed by atoms with van der Waals surface area (Å²) in [6.07, 6.45) is 3.80. The van der Waals surface area contributed by atoms with Crippen LogP contribution in [0.2, 0.25) is 0 Å². The summed E-state index contributed by atoms with van der Waals surface area (Å²) in [4.78, 5) is 45.6. The van der Waals surface area contributed by atoms with E-state index in [0.29, 0.717) is 29.7 Å². The van der Waals surface area contributed by atoms with Crippen molar-refractivity contribution in [1.82, 2.24) is 25.2 Å². The van der Waals surface area contributed by atoms with Gasteiger partial charge in [-0.05, 0) is 51.5 Å². The fourth-order valence-corrected chi connectivity index (χ4v) is 4.12. The van der Waals surface area contributed by atoms with Crippen LogP contribution < -0.4 is 16.2 Å². The van der Waals surface area contributed by atoms with E-state index in [1.807, 2.05) is 20.8 Å². The Bertz CT molecular complexity index is 1060. The topological polar surface area (TPSA) is 133 Å². The maximum Gasteiger partial charge on any atom is 0.277 e. The lowest BCUT2D eigenvalue weighted by Crippen LogP contribution is -2.47. The zero-order chi connectivity index (χ0) is 22.7. The van der Waals surface area contributed by atoms with Crippen LogP contribution in [0.4, 0.5) is 0 Å². The van der Waals surface area contributed by atoms with E-state index >= 15 is 0 Å². The Morgan fingerprint density at radius 1 is 1.39 bits per heavy atom. The highest BCUT2D eigenvalue weighted by Crippen LogP contribution is 2.22. The predicted octanol–water partition coefficient (Wildman–Crippen LogP) is 1.93. The molecule has 0 unspecified atom stereocenters. The molecule has 9 heteroatoms. The summed E-state index contributed by atoms with van der Waals surface area (Å²) in [7, 11) is 0. The fourth-order valence-electron chi connectivity index (χ4n) is 4.12. The minimum atomic E-state index is -0.805. The van der Waals surface area contributed by atoms with Crippen LogP contribution in [0.5, 0.6) is 0 Å². The monoisotopic (exact) mass is 426 g/mol. The molecule has 3 N–H and O–H groups in total. The van der Waals surface area contributed by atoms with Crippen molar-refractivity contribution in [3.63, 3.8) is 0 Å². The number of nitrogens with zero attached hydrogens (tertiary/aromatic N) is 3. The van der Waals surface area contributed by atoms with Gasteiger partial charge in [0.1, 0.15) is 23.4 Å². The highest BCUT2D eigenvalue weighted by molar-refractivity contribution is 5.82. The first-order valence-corrected chi connectivity index (χ1v) is 10.8. The third kappa shape index (κ3) is 5.13. The van der Waals surface area contributed by atoms with E-state index in [0.717, 1.165) is 6.42 Å². The van der Waals surface area contributed by atoms with Crippen LogP contribution in [0, 0.1) is 30.1 Å². The first-order chi connectivity index (χ1) is 14.7. The van der Waals surface area contributed by atoms with Crippen molar-refractivity contribution >= 4 is 22.8 Å². The van der Waals surface area contributed by atoms with E-state index in [9.17, 15) is 19.6 Å². The van der Waals surface area contributed by atoms with Crippen molar-refractivity contribution in [1.29, 1.82) is 5.26 Å². The van der Waals surface area contributed by atoms with E-state index in [-0.39, 0.29) is 35.8 Å². The van der Waals surface area contributed by atoms with Gasteiger partial charge in [-0.3, -0.25) is 14.4 Å². The van der Waals surface area contributed by atoms with Gasteiger partial charge in [0.25, 0.3) is 5.56 Å². The fraction of sp³-hybridized carbons (Fsp3) is 0.591. The Labute approximate surface area is 181 Å². The lowest BCUT2D eigenvalue weighted by Gasteiger charge is -2.29. The van der Waals surface area contributed by atoms with E-state index in [1.165, 1.54) is 4.57 Å². The number of pyridine rings is 1. The number of aromatic nitrogens is 3. The van der Waals surface area contributed by atoms with Gasteiger partial charge in [0.15, 0.2) is 0 Å². The number of carbonyl (C=O) groups is 2. The number of fused-ring (bicyclic) bond motifs is 1. The van der Waals surface area contributed by atoms with Crippen molar-refractivity contribution < 1.29 is 9.59 Å². The molecule has 1 fully saturated rings. The van der Waals surface area contributed by atoms with Gasteiger partial charge in [0.05, 0.1) is 11.6 Å². The zero-order valence-corrected chi connectivity index (χ0v) is 18.4. The molecule has 3 heterocycles. The molecule has 31 heavy (non-hydrogen) atoms. The standard InChI is InChI=1S/C22H30N6O3/c1-12(2)9-18(28-8-7-17-19(22(28)31)26-14(4)25-17)21(30)27-16(11-23)10-15-6-5-13(3)24-20(15)29/h7-8,12-13,15-16,18H,5-6,9-10H2,1-4H3,(H,24,29)(H,25,26)(H,27,30)/t13-,15+,16+,18+/m1/s1. The summed E-state index contributed by atoms with van der Waals surface area (Å²) >= 11 is 0. The van der Waals surface area contributed by atoms with Crippen LogP contribution in [0.15, 0.2) is 17.1 Å². The van der Waals surface area contributed by atoms with Crippen LogP contribution in [0.25, 0.3) is 11.0 Å². The molecule has 0 spiro atoms. The maximum atomic E-state index is 13.2. The number of imidazole rings is 1. The Kier molecular flexibility index (Phi) is 6.78. The largest absolute Gasteiger partial charge is 0.353 e. The Morgan fingerprint density at radius 3 is 2.77 bits per heavy atom. The summed E-state index contributed by atoms with van der Waals surface area (Å²) in [5.41, 5.74) is 0.578. The summed E-state index contributed by atoms with van der Waals surface area (Å²) in [6.45, 7) is 7.66. The molecule has 0 aliphatic carbocycles. The van der Waals surface area contributed by atoms with E-state index in [2.05, 4.69) is 26.7 Å². The number of hydrogen-bond acceptors (Lipinski definition) is 5. The van der Waals surface area contributed by atoms with Crippen molar-refractivity contribution in [2.75, 3.05) is 0 Å². The van der Waals surface area contributed by atoms with Crippen LogP contribution in [0.1, 0.15) is 58.3 Å². The number of piperidine rings is 1. The Morgan fingerprint density at radius 2 is 2.13 bits per heavy atom. The normalized spacial score (nSPS) is 20.8. The van der Waals surface area contributed by atoms with Gasteiger partial charge in [-0.15, -0.1) is 0 Å². The van der Waals surface area contributed by atoms with E-state index in [4.69, 9.17) is 0 Å². The number of rotatable bonds is 7. The second kappa shape index (κ2) is 9.33. The predicted molar refractivity (Wildman–Crippen MR) is 116 cm³/mol. The van der Waals surface area contributed by atoms with Crippen molar-refractivity contribution in [2.45, 2.75) is 71.5 Å².